The van der Waals surface area contributed by atoms with Crippen LogP contribution in [-0.2, 0) is 26.3 Å². The van der Waals surface area contributed by atoms with Crippen molar-refractivity contribution in [2.45, 2.75) is 24.9 Å². The molecule has 0 spiro atoms. The molecule has 0 N–H and O–H groups in total. The Balaban J connectivity index is 1.74. The van der Waals surface area contributed by atoms with Crippen LogP contribution in [0.25, 0.3) is 0 Å². The summed E-state index contributed by atoms with van der Waals surface area (Å²) >= 11 is 3.43. The third-order valence-electron chi connectivity index (χ3n) is 4.83. The summed E-state index contributed by atoms with van der Waals surface area (Å²) in [5.74, 6) is -0.310. The molecule has 0 bridgehead atoms. The highest BCUT2D eigenvalue weighted by Gasteiger charge is 2.46. The van der Waals surface area contributed by atoms with Gasteiger partial charge in [0.25, 0.3) is 0 Å². The number of carbonyl (C=O) groups excluding carboxylic acids is 2. The molecule has 1 fully saturated rings. The molecular weight excluding hydrogens is 410 g/mol. The molecule has 0 saturated carbocycles. The lowest BCUT2D eigenvalue weighted by Crippen LogP contribution is -2.33. The van der Waals surface area contributed by atoms with Gasteiger partial charge in [0.2, 0.25) is 0 Å². The number of hydrogen-bond acceptors (Lipinski definition) is 4. The Labute approximate surface area is 167 Å². The Hall–Kier alpha value is -2.34. The van der Waals surface area contributed by atoms with Crippen LogP contribution in [-0.4, -0.2) is 37.2 Å². The van der Waals surface area contributed by atoms with E-state index in [0.717, 1.165) is 22.0 Å². The van der Waals surface area contributed by atoms with Crippen molar-refractivity contribution in [1.29, 1.82) is 0 Å². The minimum absolute atomic E-state index is 0.194. The highest BCUT2D eigenvalue weighted by molar-refractivity contribution is 9.10. The Morgan fingerprint density at radius 2 is 1.89 bits per heavy atom. The number of methoxy groups -OCH3 is 1. The molecule has 1 aliphatic rings. The van der Waals surface area contributed by atoms with Gasteiger partial charge < -0.3 is 14.4 Å². The molecule has 5 nitrogen and oxygen atoms in total. The lowest BCUT2D eigenvalue weighted by molar-refractivity contribution is -0.141. The van der Waals surface area contributed by atoms with Crippen molar-refractivity contribution in [3.63, 3.8) is 0 Å². The van der Waals surface area contributed by atoms with Crippen LogP contribution in [0.5, 0.6) is 0 Å². The first-order chi connectivity index (χ1) is 13.0. The van der Waals surface area contributed by atoms with Gasteiger partial charge in [-0.1, -0.05) is 58.4 Å². The van der Waals surface area contributed by atoms with Gasteiger partial charge in [0.05, 0.1) is 13.7 Å². The summed E-state index contributed by atoms with van der Waals surface area (Å²) in [6.45, 7) is 0.983. The number of benzene rings is 2. The summed E-state index contributed by atoms with van der Waals surface area (Å²) < 4.78 is 11.6. The van der Waals surface area contributed by atoms with Crippen LogP contribution >= 0.6 is 15.9 Å². The second-order valence-electron chi connectivity index (χ2n) is 6.60. The fourth-order valence-electron chi connectivity index (χ4n) is 3.29. The van der Waals surface area contributed by atoms with Gasteiger partial charge >= 0.3 is 12.1 Å². The number of ether oxygens (including phenoxy) is 2. The van der Waals surface area contributed by atoms with Gasteiger partial charge in [0, 0.05) is 23.9 Å². The summed E-state index contributed by atoms with van der Waals surface area (Å²) in [5.41, 5.74) is 1.22. The number of amides is 1. The van der Waals surface area contributed by atoms with E-state index in [-0.39, 0.29) is 18.5 Å². The summed E-state index contributed by atoms with van der Waals surface area (Å²) in [6, 6.07) is 17.6. The predicted octanol–water partition coefficient (Wildman–Crippen LogP) is 4.29. The number of esters is 1. The normalized spacial score (nSPS) is 19.0. The quantitative estimate of drug-likeness (QED) is 0.613. The van der Waals surface area contributed by atoms with E-state index in [2.05, 4.69) is 15.9 Å². The molecule has 142 valence electrons. The van der Waals surface area contributed by atoms with Crippen LogP contribution in [0.15, 0.2) is 59.1 Å². The lowest BCUT2D eigenvalue weighted by atomic mass is 9.89. The molecule has 1 saturated heterocycles. The first-order valence-electron chi connectivity index (χ1n) is 8.87. The Morgan fingerprint density at radius 3 is 2.56 bits per heavy atom. The van der Waals surface area contributed by atoms with E-state index in [1.165, 1.54) is 7.11 Å². The topological polar surface area (TPSA) is 55.8 Å². The Morgan fingerprint density at radius 1 is 1.19 bits per heavy atom. The molecule has 0 aliphatic carbocycles. The molecule has 1 atom stereocenters. The first-order valence-corrected chi connectivity index (χ1v) is 9.66. The fourth-order valence-corrected chi connectivity index (χ4v) is 3.56. The van der Waals surface area contributed by atoms with Crippen LogP contribution in [0, 0.1) is 0 Å². The number of hydrogen-bond donors (Lipinski definition) is 0. The number of rotatable bonds is 7. The minimum atomic E-state index is -0.827. The highest BCUT2D eigenvalue weighted by Crippen LogP contribution is 2.37. The molecule has 6 heteroatoms. The number of carbonyl (C=O) groups is 2. The zero-order valence-electron chi connectivity index (χ0n) is 15.2. The number of nitrogens with zero attached hydrogens (tertiary/aromatic N) is 1. The Kier molecular flexibility index (Phi) is 6.16. The van der Waals surface area contributed by atoms with E-state index < -0.39 is 5.60 Å². The van der Waals surface area contributed by atoms with Crippen LogP contribution in [0.1, 0.15) is 24.0 Å². The molecule has 3 rings (SSSR count). The molecule has 0 radical (unpaired) electrons. The zero-order chi connectivity index (χ0) is 19.3. The van der Waals surface area contributed by atoms with E-state index in [0.29, 0.717) is 19.5 Å². The maximum Gasteiger partial charge on any atom is 0.410 e. The van der Waals surface area contributed by atoms with Crippen molar-refractivity contribution >= 4 is 28.0 Å². The van der Waals surface area contributed by atoms with E-state index in [9.17, 15) is 9.59 Å². The molecule has 27 heavy (non-hydrogen) atoms. The standard InChI is InChI=1S/C21H22BrNO4/c1-26-19(24)11-13-21(17-5-3-2-4-6-17)15-23(20(25)27-21)14-12-16-7-9-18(22)10-8-16/h2-10H,11-15H2,1H3/t21-/m1/s1. The van der Waals surface area contributed by atoms with Crippen molar-refractivity contribution in [3.05, 3.63) is 70.2 Å². The molecule has 0 unspecified atom stereocenters. The van der Waals surface area contributed by atoms with Gasteiger partial charge in [-0.3, -0.25) is 4.79 Å². The van der Waals surface area contributed by atoms with E-state index in [1.807, 2.05) is 54.6 Å². The van der Waals surface area contributed by atoms with Crippen molar-refractivity contribution in [3.8, 4) is 0 Å². The second-order valence-corrected chi connectivity index (χ2v) is 7.52. The van der Waals surface area contributed by atoms with Gasteiger partial charge in [-0.15, -0.1) is 0 Å². The molecule has 1 aliphatic heterocycles. The van der Waals surface area contributed by atoms with E-state index in [4.69, 9.17) is 9.47 Å². The van der Waals surface area contributed by atoms with Gasteiger partial charge in [-0.25, -0.2) is 4.79 Å². The SMILES string of the molecule is COC(=O)CC[C@]1(c2ccccc2)CN(CCc2ccc(Br)cc2)C(=O)O1. The van der Waals surface area contributed by atoms with Gasteiger partial charge in [-0.05, 0) is 29.7 Å². The number of halogens is 1. The maximum absolute atomic E-state index is 12.5. The predicted molar refractivity (Wildman–Crippen MR) is 105 cm³/mol. The molecule has 2 aromatic carbocycles. The average Bonchev–Trinajstić information content (AvgIpc) is 3.03. The highest BCUT2D eigenvalue weighted by atomic mass is 79.9. The molecule has 2 aromatic rings. The van der Waals surface area contributed by atoms with Crippen molar-refractivity contribution in [2.24, 2.45) is 0 Å². The summed E-state index contributed by atoms with van der Waals surface area (Å²) in [4.78, 5) is 25.9. The number of cyclic esters (lactones) is 1. The first kappa shape index (κ1) is 19.4. The van der Waals surface area contributed by atoms with Crippen molar-refractivity contribution in [2.75, 3.05) is 20.2 Å². The molecular formula is C21H22BrNO4. The van der Waals surface area contributed by atoms with E-state index >= 15 is 0 Å². The van der Waals surface area contributed by atoms with Crippen LogP contribution in [0.2, 0.25) is 0 Å². The minimum Gasteiger partial charge on any atom is -0.469 e. The summed E-state index contributed by atoms with van der Waals surface area (Å²) in [5, 5.41) is 0. The van der Waals surface area contributed by atoms with Gasteiger partial charge in [0.1, 0.15) is 0 Å². The average molecular weight is 432 g/mol. The second kappa shape index (κ2) is 8.57. The van der Waals surface area contributed by atoms with Crippen LogP contribution in [0.3, 0.4) is 0 Å². The van der Waals surface area contributed by atoms with Crippen molar-refractivity contribution < 1.29 is 19.1 Å². The monoisotopic (exact) mass is 431 g/mol. The third-order valence-corrected chi connectivity index (χ3v) is 5.36. The molecule has 1 heterocycles. The summed E-state index contributed by atoms with van der Waals surface area (Å²) in [7, 11) is 1.36. The smallest absolute Gasteiger partial charge is 0.410 e. The Bertz CT molecular complexity index is 794. The fraction of sp³-hybridized carbons (Fsp3) is 0.333. The molecule has 0 aromatic heterocycles. The van der Waals surface area contributed by atoms with Crippen LogP contribution in [0.4, 0.5) is 4.79 Å². The largest absolute Gasteiger partial charge is 0.469 e. The van der Waals surface area contributed by atoms with Crippen molar-refractivity contribution in [1.82, 2.24) is 4.90 Å². The maximum atomic E-state index is 12.5. The zero-order valence-corrected chi connectivity index (χ0v) is 16.8. The van der Waals surface area contributed by atoms with E-state index in [1.54, 1.807) is 4.90 Å². The van der Waals surface area contributed by atoms with Gasteiger partial charge in [0.15, 0.2) is 5.60 Å². The third kappa shape index (κ3) is 4.69. The van der Waals surface area contributed by atoms with Gasteiger partial charge in [-0.2, -0.15) is 0 Å². The lowest BCUT2D eigenvalue weighted by Gasteiger charge is -2.27. The molecule has 1 amide bonds. The van der Waals surface area contributed by atoms with Crippen LogP contribution < -0.4 is 0 Å². The summed E-state index contributed by atoms with van der Waals surface area (Å²) in [6.07, 6.45) is 0.981.